The number of rotatable bonds is 1. The van der Waals surface area contributed by atoms with Gasteiger partial charge in [0.05, 0.1) is 11.1 Å². The van der Waals surface area contributed by atoms with E-state index in [-0.39, 0.29) is 0 Å². The number of nitrogens with zero attached hydrogens (tertiary/aromatic N) is 1. The highest BCUT2D eigenvalue weighted by Crippen LogP contribution is 2.17. The molecule has 0 spiro atoms. The van der Waals surface area contributed by atoms with Crippen molar-refractivity contribution >= 4 is 16.8 Å². The second-order valence-corrected chi connectivity index (χ2v) is 3.23. The lowest BCUT2D eigenvalue weighted by molar-refractivity contribution is 0.108. The number of nitriles is 1. The Hall–Kier alpha value is -1.33. The molecule has 0 heterocycles. The summed E-state index contributed by atoms with van der Waals surface area (Å²) in [5, 5.41) is 8.20. The summed E-state index contributed by atoms with van der Waals surface area (Å²) in [5.41, 5.74) is 2.37. The van der Waals surface area contributed by atoms with Gasteiger partial charge in [0.2, 0.25) is 0 Å². The summed E-state index contributed by atoms with van der Waals surface area (Å²) in [5.74, 6) is 0. The molecule has 2 nitrogen and oxygen atoms in total. The van der Waals surface area contributed by atoms with Crippen molar-refractivity contribution in [3.05, 3.63) is 34.4 Å². The van der Waals surface area contributed by atoms with Gasteiger partial charge in [0.1, 0.15) is 6.07 Å². The van der Waals surface area contributed by atoms with Gasteiger partial charge in [0.25, 0.3) is 5.24 Å². The molecule has 0 radical (unpaired) electrons. The van der Waals surface area contributed by atoms with E-state index in [1.54, 1.807) is 13.0 Å². The molecular formula is C10H8ClNO. The molecule has 0 aliphatic rings. The van der Waals surface area contributed by atoms with Crippen molar-refractivity contribution in [3.8, 4) is 6.07 Å². The number of benzene rings is 1. The monoisotopic (exact) mass is 193 g/mol. The quantitative estimate of drug-likeness (QED) is 0.644. The van der Waals surface area contributed by atoms with Crippen LogP contribution >= 0.6 is 11.6 Å². The molecule has 0 aliphatic carbocycles. The average Bonchev–Trinajstić information content (AvgIpc) is 2.02. The van der Waals surface area contributed by atoms with Crippen LogP contribution in [0, 0.1) is 25.2 Å². The zero-order valence-electron chi connectivity index (χ0n) is 7.39. The van der Waals surface area contributed by atoms with E-state index < -0.39 is 5.24 Å². The minimum atomic E-state index is -0.580. The first-order valence-electron chi connectivity index (χ1n) is 3.77. The maximum Gasteiger partial charge on any atom is 0.253 e. The van der Waals surface area contributed by atoms with Crippen LogP contribution in [-0.2, 0) is 0 Å². The molecule has 3 heteroatoms. The third-order valence-corrected chi connectivity index (χ3v) is 2.01. The van der Waals surface area contributed by atoms with Gasteiger partial charge >= 0.3 is 0 Å². The molecule has 1 aromatic carbocycles. The predicted octanol–water partition coefficient (Wildman–Crippen LogP) is 2.55. The van der Waals surface area contributed by atoms with E-state index in [1.165, 1.54) is 0 Å². The number of halogens is 1. The number of hydrogen-bond donors (Lipinski definition) is 0. The second kappa shape index (κ2) is 3.59. The number of hydrogen-bond acceptors (Lipinski definition) is 2. The largest absolute Gasteiger partial charge is 0.276 e. The number of carbonyl (C=O) groups excluding carboxylic acids is 1. The highest BCUT2D eigenvalue weighted by molar-refractivity contribution is 6.68. The van der Waals surface area contributed by atoms with E-state index in [1.807, 2.05) is 19.1 Å². The number of carbonyl (C=O) groups is 1. The van der Waals surface area contributed by atoms with Gasteiger partial charge in [-0.1, -0.05) is 11.6 Å². The predicted molar refractivity (Wildman–Crippen MR) is 50.8 cm³/mol. The Morgan fingerprint density at radius 3 is 2.54 bits per heavy atom. The normalized spacial score (nSPS) is 9.38. The number of aryl methyl sites for hydroxylation is 2. The molecule has 0 amide bonds. The summed E-state index contributed by atoms with van der Waals surface area (Å²) < 4.78 is 0. The summed E-state index contributed by atoms with van der Waals surface area (Å²) in [6.45, 7) is 3.65. The Balaban J connectivity index is 3.50. The lowest BCUT2D eigenvalue weighted by Crippen LogP contribution is -1.97. The van der Waals surface area contributed by atoms with Gasteiger partial charge in [-0.3, -0.25) is 4.79 Å². The zero-order valence-corrected chi connectivity index (χ0v) is 8.14. The van der Waals surface area contributed by atoms with Gasteiger partial charge in [-0.25, -0.2) is 0 Å². The van der Waals surface area contributed by atoms with Gasteiger partial charge in [-0.15, -0.1) is 0 Å². The Morgan fingerprint density at radius 2 is 2.08 bits per heavy atom. The molecule has 0 bridgehead atoms. The van der Waals surface area contributed by atoms with Crippen molar-refractivity contribution < 1.29 is 4.79 Å². The molecule has 0 N–H and O–H groups in total. The van der Waals surface area contributed by atoms with E-state index >= 15 is 0 Å². The van der Waals surface area contributed by atoms with Crippen molar-refractivity contribution in [3.63, 3.8) is 0 Å². The van der Waals surface area contributed by atoms with Gasteiger partial charge < -0.3 is 0 Å². The second-order valence-electron chi connectivity index (χ2n) is 2.89. The van der Waals surface area contributed by atoms with E-state index in [0.717, 1.165) is 11.1 Å². The first-order valence-corrected chi connectivity index (χ1v) is 4.15. The van der Waals surface area contributed by atoms with Gasteiger partial charge in [0.15, 0.2) is 0 Å². The molecule has 0 aliphatic heterocycles. The fourth-order valence-electron chi connectivity index (χ4n) is 1.27. The Morgan fingerprint density at radius 1 is 1.46 bits per heavy atom. The van der Waals surface area contributed by atoms with Crippen LogP contribution in [0.1, 0.15) is 27.0 Å². The van der Waals surface area contributed by atoms with Crippen molar-refractivity contribution in [1.82, 2.24) is 0 Å². The molecule has 0 unspecified atom stereocenters. The SMILES string of the molecule is Cc1cc(C)c(C#N)c(C(=O)Cl)c1. The third-order valence-electron chi connectivity index (χ3n) is 1.80. The standard InChI is InChI=1S/C10H8ClNO/c1-6-3-7(2)9(5-12)8(4-6)10(11)13/h3-4H,1-2H3. The van der Waals surface area contributed by atoms with Crippen molar-refractivity contribution in [1.29, 1.82) is 5.26 Å². The minimum Gasteiger partial charge on any atom is -0.276 e. The summed E-state index contributed by atoms with van der Waals surface area (Å²) >= 11 is 5.34. The van der Waals surface area contributed by atoms with Crippen LogP contribution in [0.2, 0.25) is 0 Å². The maximum absolute atomic E-state index is 10.9. The minimum absolute atomic E-state index is 0.293. The summed E-state index contributed by atoms with van der Waals surface area (Å²) in [6.07, 6.45) is 0. The van der Waals surface area contributed by atoms with E-state index in [0.29, 0.717) is 11.1 Å². The zero-order chi connectivity index (χ0) is 10.0. The first kappa shape index (κ1) is 9.76. The van der Waals surface area contributed by atoms with Crippen LogP contribution in [0.15, 0.2) is 12.1 Å². The molecule has 0 saturated heterocycles. The van der Waals surface area contributed by atoms with Crippen LogP contribution in [0.3, 0.4) is 0 Å². The van der Waals surface area contributed by atoms with Crippen molar-refractivity contribution in [2.45, 2.75) is 13.8 Å². The van der Waals surface area contributed by atoms with Crippen LogP contribution in [0.5, 0.6) is 0 Å². The summed E-state index contributed by atoms with van der Waals surface area (Å²) in [6, 6.07) is 5.44. The molecule has 1 aromatic rings. The van der Waals surface area contributed by atoms with Crippen molar-refractivity contribution in [2.24, 2.45) is 0 Å². The lowest BCUT2D eigenvalue weighted by Gasteiger charge is -2.03. The van der Waals surface area contributed by atoms with Gasteiger partial charge in [-0.05, 0) is 37.1 Å². The Bertz CT molecular complexity index is 404. The van der Waals surface area contributed by atoms with Gasteiger partial charge in [-0.2, -0.15) is 5.26 Å². The van der Waals surface area contributed by atoms with Crippen LogP contribution < -0.4 is 0 Å². The first-order chi connectivity index (χ1) is 6.06. The highest BCUT2D eigenvalue weighted by atomic mass is 35.5. The molecule has 1 rings (SSSR count). The van der Waals surface area contributed by atoms with Gasteiger partial charge in [0, 0.05) is 0 Å². The Kier molecular flexibility index (Phi) is 2.69. The molecule has 66 valence electrons. The molecule has 0 atom stereocenters. The molecule has 0 fully saturated rings. The fourth-order valence-corrected chi connectivity index (χ4v) is 1.42. The topological polar surface area (TPSA) is 40.9 Å². The molecule has 13 heavy (non-hydrogen) atoms. The van der Waals surface area contributed by atoms with Crippen molar-refractivity contribution in [2.75, 3.05) is 0 Å². The average molecular weight is 194 g/mol. The van der Waals surface area contributed by atoms with Crippen LogP contribution in [-0.4, -0.2) is 5.24 Å². The summed E-state index contributed by atoms with van der Waals surface area (Å²) in [7, 11) is 0. The van der Waals surface area contributed by atoms with E-state index in [4.69, 9.17) is 16.9 Å². The highest BCUT2D eigenvalue weighted by Gasteiger charge is 2.11. The molecule has 0 aromatic heterocycles. The smallest absolute Gasteiger partial charge is 0.253 e. The fraction of sp³-hybridized carbons (Fsp3) is 0.200. The van der Waals surface area contributed by atoms with Crippen LogP contribution in [0.25, 0.3) is 0 Å². The van der Waals surface area contributed by atoms with E-state index in [2.05, 4.69) is 0 Å². The molecular weight excluding hydrogens is 186 g/mol. The summed E-state index contributed by atoms with van der Waals surface area (Å²) in [4.78, 5) is 10.9. The van der Waals surface area contributed by atoms with E-state index in [9.17, 15) is 4.79 Å². The molecule has 0 saturated carbocycles. The van der Waals surface area contributed by atoms with Crippen LogP contribution in [0.4, 0.5) is 0 Å². The Labute approximate surface area is 81.7 Å². The lowest BCUT2D eigenvalue weighted by atomic mass is 10.0. The maximum atomic E-state index is 10.9. The third kappa shape index (κ3) is 1.88.